The van der Waals surface area contributed by atoms with E-state index in [1.54, 1.807) is 0 Å². The number of ether oxygens (including phenoxy) is 2. The van der Waals surface area contributed by atoms with Gasteiger partial charge in [0, 0.05) is 31.6 Å². The van der Waals surface area contributed by atoms with Crippen molar-refractivity contribution in [1.82, 2.24) is 5.32 Å². The van der Waals surface area contributed by atoms with E-state index in [9.17, 15) is 9.90 Å². The Kier molecular flexibility index (Phi) is 8.02. The van der Waals surface area contributed by atoms with Gasteiger partial charge in [0.15, 0.2) is 5.76 Å². The van der Waals surface area contributed by atoms with Crippen molar-refractivity contribution in [3.8, 4) is 11.1 Å². The van der Waals surface area contributed by atoms with E-state index in [-0.39, 0.29) is 24.3 Å². The quantitative estimate of drug-likeness (QED) is 0.309. The van der Waals surface area contributed by atoms with Gasteiger partial charge in [0.25, 0.3) is 5.91 Å². The van der Waals surface area contributed by atoms with Crippen molar-refractivity contribution in [1.29, 1.82) is 0 Å². The van der Waals surface area contributed by atoms with Crippen LogP contribution in [0.5, 0.6) is 0 Å². The van der Waals surface area contributed by atoms with Gasteiger partial charge in [0.2, 0.25) is 6.29 Å². The standard InChI is InChI=1S/C32H35NO4/c1-2-36-32-28(13-8-18-34)29(21-30(37-32)31(35)33-17-16-22-9-4-3-5-10-22)24-14-15-27-25(20-24)19-23-11-6-7-12-26(23)27/h3-7,9-12,14-15,20-21,28-29,32,34H,2,8,13,16-19H2,1H3,(H,33,35)/t28-,29-,32-/m1/s1. The molecule has 0 radical (unpaired) electrons. The summed E-state index contributed by atoms with van der Waals surface area (Å²) in [7, 11) is 0. The van der Waals surface area contributed by atoms with Crippen LogP contribution in [-0.4, -0.2) is 37.1 Å². The summed E-state index contributed by atoms with van der Waals surface area (Å²) in [5.74, 6) is 0.0240. The van der Waals surface area contributed by atoms with Gasteiger partial charge in [0.05, 0.1) is 0 Å². The molecule has 0 fully saturated rings. The molecule has 37 heavy (non-hydrogen) atoms. The van der Waals surface area contributed by atoms with Crippen LogP contribution in [0, 0.1) is 5.92 Å². The van der Waals surface area contributed by atoms with Gasteiger partial charge in [-0.05, 0) is 72.1 Å². The maximum atomic E-state index is 13.2. The van der Waals surface area contributed by atoms with Crippen molar-refractivity contribution in [2.75, 3.05) is 19.8 Å². The number of hydrogen-bond acceptors (Lipinski definition) is 4. The Morgan fingerprint density at radius 2 is 1.81 bits per heavy atom. The number of hydrogen-bond donors (Lipinski definition) is 2. The zero-order valence-corrected chi connectivity index (χ0v) is 21.4. The molecule has 192 valence electrons. The molecule has 0 unspecified atom stereocenters. The molecule has 0 saturated carbocycles. The number of carbonyl (C=O) groups excluding carboxylic acids is 1. The number of carbonyl (C=O) groups is 1. The monoisotopic (exact) mass is 497 g/mol. The zero-order valence-electron chi connectivity index (χ0n) is 21.4. The first-order valence-electron chi connectivity index (χ1n) is 13.3. The molecule has 5 heteroatoms. The highest BCUT2D eigenvalue weighted by atomic mass is 16.7. The Hall–Kier alpha value is -3.41. The lowest BCUT2D eigenvalue weighted by molar-refractivity contribution is -0.166. The Morgan fingerprint density at radius 1 is 1.03 bits per heavy atom. The number of fused-ring (bicyclic) bond motifs is 3. The van der Waals surface area contributed by atoms with Crippen LogP contribution >= 0.6 is 0 Å². The van der Waals surface area contributed by atoms with E-state index < -0.39 is 6.29 Å². The van der Waals surface area contributed by atoms with Crippen molar-refractivity contribution in [3.05, 3.63) is 107 Å². The summed E-state index contributed by atoms with van der Waals surface area (Å²) in [6, 6.07) is 25.3. The van der Waals surface area contributed by atoms with Crippen molar-refractivity contribution in [3.63, 3.8) is 0 Å². The summed E-state index contributed by atoms with van der Waals surface area (Å²) < 4.78 is 12.2. The molecule has 2 N–H and O–H groups in total. The SMILES string of the molecule is CCO[C@@H]1OC(C(=O)NCCc2ccccc2)=C[C@H](c2ccc3c(c2)Cc2ccccc2-3)[C@H]1CCCO. The molecule has 2 aliphatic rings. The molecular weight excluding hydrogens is 462 g/mol. The number of amides is 1. The average Bonchev–Trinajstić information content (AvgIpc) is 3.30. The molecule has 1 aliphatic heterocycles. The van der Waals surface area contributed by atoms with Gasteiger partial charge in [-0.2, -0.15) is 0 Å². The number of benzene rings is 3. The van der Waals surface area contributed by atoms with Crippen LogP contribution in [0.25, 0.3) is 11.1 Å². The summed E-state index contributed by atoms with van der Waals surface area (Å²) in [4.78, 5) is 13.2. The number of rotatable bonds is 10. The Labute approximate surface area is 219 Å². The number of allylic oxidation sites excluding steroid dienone is 1. The maximum Gasteiger partial charge on any atom is 0.286 e. The Bertz CT molecular complexity index is 1250. The highest BCUT2D eigenvalue weighted by Gasteiger charge is 2.38. The van der Waals surface area contributed by atoms with Crippen molar-refractivity contribution in [2.24, 2.45) is 5.92 Å². The van der Waals surface area contributed by atoms with Gasteiger partial charge in [-0.3, -0.25) is 4.79 Å². The molecule has 1 amide bonds. The van der Waals surface area contributed by atoms with E-state index >= 15 is 0 Å². The van der Waals surface area contributed by atoms with Crippen LogP contribution in [0.1, 0.15) is 47.9 Å². The molecule has 3 aromatic carbocycles. The predicted molar refractivity (Wildman–Crippen MR) is 145 cm³/mol. The van der Waals surface area contributed by atoms with E-state index in [0.29, 0.717) is 25.3 Å². The molecule has 0 bridgehead atoms. The molecule has 3 atom stereocenters. The third-order valence-electron chi connectivity index (χ3n) is 7.38. The lowest BCUT2D eigenvalue weighted by atomic mass is 9.80. The molecule has 3 aromatic rings. The van der Waals surface area contributed by atoms with Crippen LogP contribution < -0.4 is 5.32 Å². The van der Waals surface area contributed by atoms with Gasteiger partial charge in [-0.25, -0.2) is 0 Å². The summed E-state index contributed by atoms with van der Waals surface area (Å²) in [6.07, 6.45) is 4.46. The van der Waals surface area contributed by atoms with E-state index in [4.69, 9.17) is 9.47 Å². The minimum absolute atomic E-state index is 0.00482. The van der Waals surface area contributed by atoms with Gasteiger partial charge in [0.1, 0.15) is 0 Å². The van der Waals surface area contributed by atoms with Crippen molar-refractivity contribution < 1.29 is 19.4 Å². The first-order chi connectivity index (χ1) is 18.2. The second-order valence-electron chi connectivity index (χ2n) is 9.77. The second-order valence-corrected chi connectivity index (χ2v) is 9.77. The van der Waals surface area contributed by atoms with Crippen molar-refractivity contribution in [2.45, 2.75) is 44.8 Å². The third kappa shape index (κ3) is 5.63. The zero-order chi connectivity index (χ0) is 25.6. The molecule has 0 aromatic heterocycles. The number of aliphatic hydroxyl groups is 1. The summed E-state index contributed by atoms with van der Waals surface area (Å²) in [5, 5.41) is 12.6. The van der Waals surface area contributed by atoms with E-state index in [1.165, 1.54) is 27.8 Å². The summed E-state index contributed by atoms with van der Waals surface area (Å²) in [5.41, 5.74) is 7.56. The van der Waals surface area contributed by atoms with Gasteiger partial charge in [-0.15, -0.1) is 0 Å². The van der Waals surface area contributed by atoms with E-state index in [1.807, 2.05) is 31.2 Å². The molecule has 1 aliphatic carbocycles. The third-order valence-corrected chi connectivity index (χ3v) is 7.38. The minimum Gasteiger partial charge on any atom is -0.459 e. The fraction of sp³-hybridized carbons (Fsp3) is 0.344. The molecule has 1 heterocycles. The van der Waals surface area contributed by atoms with Crippen molar-refractivity contribution >= 4 is 5.91 Å². The topological polar surface area (TPSA) is 67.8 Å². The van der Waals surface area contributed by atoms with Crippen LogP contribution in [0.15, 0.2) is 84.6 Å². The first-order valence-corrected chi connectivity index (χ1v) is 13.3. The molecule has 5 nitrogen and oxygen atoms in total. The van der Waals surface area contributed by atoms with E-state index in [0.717, 1.165) is 24.8 Å². The Balaban J connectivity index is 1.41. The predicted octanol–water partition coefficient (Wildman–Crippen LogP) is 5.37. The number of nitrogens with one attached hydrogen (secondary N) is 1. The highest BCUT2D eigenvalue weighted by molar-refractivity contribution is 5.91. The fourth-order valence-electron chi connectivity index (χ4n) is 5.57. The second kappa shape index (κ2) is 11.8. The minimum atomic E-state index is -0.549. The van der Waals surface area contributed by atoms with Gasteiger partial charge in [-0.1, -0.05) is 72.8 Å². The average molecular weight is 498 g/mol. The molecular formula is C32H35NO4. The van der Waals surface area contributed by atoms with E-state index in [2.05, 4.69) is 59.9 Å². The number of aliphatic hydroxyl groups excluding tert-OH is 1. The lowest BCUT2D eigenvalue weighted by Crippen LogP contribution is -2.39. The largest absolute Gasteiger partial charge is 0.459 e. The van der Waals surface area contributed by atoms with Crippen LogP contribution in [-0.2, 0) is 27.1 Å². The summed E-state index contributed by atoms with van der Waals surface area (Å²) >= 11 is 0. The molecule has 5 rings (SSSR count). The summed E-state index contributed by atoms with van der Waals surface area (Å²) in [6.45, 7) is 3.05. The Morgan fingerprint density at radius 3 is 2.62 bits per heavy atom. The van der Waals surface area contributed by atoms with Crippen LogP contribution in [0.2, 0.25) is 0 Å². The maximum absolute atomic E-state index is 13.2. The van der Waals surface area contributed by atoms with Gasteiger partial charge < -0.3 is 19.9 Å². The van der Waals surface area contributed by atoms with Gasteiger partial charge >= 0.3 is 0 Å². The lowest BCUT2D eigenvalue weighted by Gasteiger charge is -2.37. The van der Waals surface area contributed by atoms with Crippen LogP contribution in [0.4, 0.5) is 0 Å². The van der Waals surface area contributed by atoms with Crippen LogP contribution in [0.3, 0.4) is 0 Å². The highest BCUT2D eigenvalue weighted by Crippen LogP contribution is 2.43. The molecule has 0 saturated heterocycles. The normalized spacial score (nSPS) is 19.9. The first kappa shape index (κ1) is 25.2. The molecule has 0 spiro atoms. The smallest absolute Gasteiger partial charge is 0.286 e. The fourth-order valence-corrected chi connectivity index (χ4v) is 5.57.